The number of likely N-dealkylation sites (tertiary alicyclic amines) is 1. The maximum Gasteiger partial charge on any atom is 0.229 e. The molecule has 0 bridgehead atoms. The van der Waals surface area contributed by atoms with Crippen LogP contribution >= 0.6 is 27.5 Å². The zero-order valence-electron chi connectivity index (χ0n) is 7.08. The van der Waals surface area contributed by atoms with Crippen LogP contribution in [0.25, 0.3) is 0 Å². The fourth-order valence-electron chi connectivity index (χ4n) is 0.688. The van der Waals surface area contributed by atoms with Crippen LogP contribution in [0, 0.1) is 0 Å². The summed E-state index contributed by atoms with van der Waals surface area (Å²) in [7, 11) is 6.67. The highest BCUT2D eigenvalue weighted by atomic mass is 127. The third-order valence-electron chi connectivity index (χ3n) is 1.30. The third kappa shape index (κ3) is 5.09. The van der Waals surface area contributed by atoms with Gasteiger partial charge in [-0.25, -0.2) is 0 Å². The molecule has 12 heavy (non-hydrogen) atoms. The smallest absolute Gasteiger partial charge is 0.229 e. The molecule has 1 aliphatic heterocycles. The van der Waals surface area contributed by atoms with Crippen LogP contribution in [0.4, 0.5) is 0 Å². The molecule has 1 atom stereocenters. The summed E-state index contributed by atoms with van der Waals surface area (Å²) < 4.78 is 0. The summed E-state index contributed by atoms with van der Waals surface area (Å²) >= 11 is 2.19. The number of carbonyl (C=O) groups is 2. The molecule has 0 aromatic rings. The van der Waals surface area contributed by atoms with Gasteiger partial charge in [0.2, 0.25) is 11.8 Å². The number of hydrogen-bond donors (Lipinski definition) is 0. The summed E-state index contributed by atoms with van der Waals surface area (Å²) in [5, 5.41) is 0. The van der Waals surface area contributed by atoms with Gasteiger partial charge >= 0.3 is 0 Å². The van der Waals surface area contributed by atoms with Crippen LogP contribution in [0.3, 0.4) is 0 Å². The third-order valence-corrected chi connectivity index (χ3v) is 1.30. The van der Waals surface area contributed by atoms with E-state index in [0.717, 1.165) is 0 Å². The van der Waals surface area contributed by atoms with Crippen molar-refractivity contribution in [3.8, 4) is 0 Å². The lowest BCUT2D eigenvalue weighted by molar-refractivity contribution is -0.136. The first-order valence-electron chi connectivity index (χ1n) is 3.38. The Labute approximate surface area is 87.9 Å². The molecule has 2 amide bonds. The zero-order chi connectivity index (χ0) is 9.72. The molecule has 0 aromatic heterocycles. The monoisotopic (exact) mass is 297 g/mol. The Morgan fingerprint density at radius 1 is 1.42 bits per heavy atom. The van der Waals surface area contributed by atoms with Crippen LogP contribution in [-0.4, -0.2) is 38.0 Å². The molecule has 1 fully saturated rings. The van der Waals surface area contributed by atoms with Crippen LogP contribution in [0.5, 0.6) is 0 Å². The van der Waals surface area contributed by atoms with Crippen molar-refractivity contribution in [3.05, 3.63) is 0 Å². The van der Waals surface area contributed by atoms with Crippen molar-refractivity contribution in [2.24, 2.45) is 0 Å². The maximum atomic E-state index is 10.5. The molecule has 0 spiro atoms. The number of carbonyl (C=O) groups excluding carboxylic acids is 2. The van der Waals surface area contributed by atoms with Crippen LogP contribution in [0.2, 0.25) is 0 Å². The van der Waals surface area contributed by atoms with E-state index in [9.17, 15) is 9.59 Å². The second kappa shape index (κ2) is 5.92. The maximum absolute atomic E-state index is 10.5. The molecular formula is C6H10BINO2P. The van der Waals surface area contributed by atoms with E-state index in [0.29, 0.717) is 12.8 Å². The molecule has 0 saturated carbocycles. The fraction of sp³-hybridized carbons (Fsp3) is 0.667. The molecule has 1 saturated heterocycles. The molecule has 1 unspecified atom stereocenters. The van der Waals surface area contributed by atoms with Crippen molar-refractivity contribution in [1.82, 2.24) is 4.90 Å². The lowest BCUT2D eigenvalue weighted by atomic mass is 10.4. The zero-order valence-corrected chi connectivity index (χ0v) is 10.1. The molecule has 3 nitrogen and oxygen atoms in total. The van der Waals surface area contributed by atoms with Gasteiger partial charge in [0.25, 0.3) is 0 Å². The second-order valence-electron chi connectivity index (χ2n) is 2.37. The average Bonchev–Trinajstić information content (AvgIpc) is 2.19. The highest BCUT2D eigenvalue weighted by Crippen LogP contribution is 2.32. The van der Waals surface area contributed by atoms with Gasteiger partial charge in [-0.15, -0.1) is 0 Å². The Balaban J connectivity index is 0.000000261. The van der Waals surface area contributed by atoms with E-state index >= 15 is 0 Å². The largest absolute Gasteiger partial charge is 0.286 e. The Hall–Kier alpha value is 0.365. The van der Waals surface area contributed by atoms with Crippen molar-refractivity contribution in [1.29, 1.82) is 0 Å². The summed E-state index contributed by atoms with van der Waals surface area (Å²) in [4.78, 5) is 22.1. The van der Waals surface area contributed by atoms with Crippen LogP contribution in [0.1, 0.15) is 12.8 Å². The van der Waals surface area contributed by atoms with Crippen molar-refractivity contribution < 1.29 is 9.59 Å². The van der Waals surface area contributed by atoms with Gasteiger partial charge in [0, 0.05) is 19.9 Å². The van der Waals surface area contributed by atoms with E-state index in [1.54, 1.807) is 0 Å². The minimum atomic E-state index is -0.150. The Morgan fingerprint density at radius 2 is 1.67 bits per heavy atom. The van der Waals surface area contributed by atoms with E-state index in [4.69, 9.17) is 7.57 Å². The predicted molar refractivity (Wildman–Crippen MR) is 59.6 cm³/mol. The molecular weight excluding hydrogens is 287 g/mol. The summed E-state index contributed by atoms with van der Waals surface area (Å²) in [6.45, 7) is 2.00. The van der Waals surface area contributed by atoms with Crippen LogP contribution in [0.15, 0.2) is 0 Å². The number of halogens is 1. The fourth-order valence-corrected chi connectivity index (χ4v) is 0.688. The minimum absolute atomic E-state index is 0.0602. The minimum Gasteiger partial charge on any atom is -0.286 e. The Morgan fingerprint density at radius 3 is 1.75 bits per heavy atom. The van der Waals surface area contributed by atoms with Gasteiger partial charge in [0.15, 0.2) is 0 Å². The molecule has 1 rings (SSSR count). The summed E-state index contributed by atoms with van der Waals surface area (Å²) in [5.74, 6) is -0.120. The molecule has 0 N–H and O–H groups in total. The molecule has 1 heterocycles. The highest BCUT2D eigenvalue weighted by Gasteiger charge is 2.24. The van der Waals surface area contributed by atoms with Crippen LogP contribution < -0.4 is 0 Å². The molecule has 1 aliphatic rings. The molecule has 6 heteroatoms. The molecule has 0 aromatic carbocycles. The van der Waals surface area contributed by atoms with Gasteiger partial charge in [0.1, 0.15) is 7.57 Å². The van der Waals surface area contributed by atoms with Gasteiger partial charge in [-0.2, -0.15) is 0 Å². The topological polar surface area (TPSA) is 37.4 Å². The van der Waals surface area contributed by atoms with Gasteiger partial charge in [-0.05, 0) is 6.66 Å². The first-order valence-corrected chi connectivity index (χ1v) is 8.03. The number of nitrogens with zero attached hydrogens (tertiary/aromatic N) is 1. The molecule has 2 radical (unpaired) electrons. The van der Waals surface area contributed by atoms with Crippen molar-refractivity contribution in [2.45, 2.75) is 12.8 Å². The van der Waals surface area contributed by atoms with Crippen molar-refractivity contribution in [2.75, 3.05) is 13.7 Å². The Kier molecular flexibility index (Phi) is 6.10. The number of imide groups is 1. The summed E-state index contributed by atoms with van der Waals surface area (Å²) in [6.07, 6.45) is 0.796. The lowest BCUT2D eigenvalue weighted by Gasteiger charge is -2.01. The molecule has 66 valence electrons. The van der Waals surface area contributed by atoms with Crippen molar-refractivity contribution in [3.63, 3.8) is 0 Å². The van der Waals surface area contributed by atoms with Crippen LogP contribution in [-0.2, 0) is 9.59 Å². The highest BCUT2D eigenvalue weighted by molar-refractivity contribution is 14.2. The van der Waals surface area contributed by atoms with E-state index in [1.807, 2.05) is 6.66 Å². The number of amides is 2. The number of hydrogen-bond acceptors (Lipinski definition) is 2. The second-order valence-corrected chi connectivity index (χ2v) is 7.99. The van der Waals surface area contributed by atoms with E-state index in [2.05, 4.69) is 22.0 Å². The van der Waals surface area contributed by atoms with Gasteiger partial charge < -0.3 is 0 Å². The quantitative estimate of drug-likeness (QED) is 0.292. The normalized spacial score (nSPS) is 18.8. The molecule has 0 aliphatic carbocycles. The van der Waals surface area contributed by atoms with E-state index in [1.165, 1.54) is 11.9 Å². The Bertz CT molecular complexity index is 170. The van der Waals surface area contributed by atoms with Gasteiger partial charge in [-0.3, -0.25) is 14.5 Å². The first-order chi connectivity index (χ1) is 5.45. The standard InChI is InChI=1S/C5H7NO2.CH3BIP/c1-6-4(7)2-3-5(6)8;1-4(2)3/h2-3H2,1H3;1H3. The SMILES string of the molecule is CN1C(=O)CCC1=O.[B]P(C)I. The predicted octanol–water partition coefficient (Wildman–Crippen LogP) is 1.30. The van der Waals surface area contributed by atoms with E-state index in [-0.39, 0.29) is 17.3 Å². The first kappa shape index (κ1) is 12.4. The number of rotatable bonds is 0. The lowest BCUT2D eigenvalue weighted by Crippen LogP contribution is -2.23. The van der Waals surface area contributed by atoms with Gasteiger partial charge in [0.05, 0.1) is 0 Å². The van der Waals surface area contributed by atoms with E-state index < -0.39 is 0 Å². The van der Waals surface area contributed by atoms with Crippen molar-refractivity contribution >= 4 is 46.9 Å². The van der Waals surface area contributed by atoms with Gasteiger partial charge in [-0.1, -0.05) is 27.5 Å². The summed E-state index contributed by atoms with van der Waals surface area (Å²) in [5.41, 5.74) is -0.150. The summed E-state index contributed by atoms with van der Waals surface area (Å²) in [6, 6.07) is 0. The average molecular weight is 297 g/mol.